The van der Waals surface area contributed by atoms with Gasteiger partial charge in [0.25, 0.3) is 0 Å². The van der Waals surface area contributed by atoms with E-state index in [0.29, 0.717) is 21.7 Å². The van der Waals surface area contributed by atoms with Crippen molar-refractivity contribution >= 4 is 27.5 Å². The monoisotopic (exact) mass is 332 g/mol. The predicted octanol–water partition coefficient (Wildman–Crippen LogP) is 3.50. The summed E-state index contributed by atoms with van der Waals surface area (Å²) in [6.45, 7) is 4.58. The maximum absolute atomic E-state index is 10.2. The Hall–Kier alpha value is -0.780. The standard InChI is InChI=1S/C12H14BrClN2O2/c1-3-16-9(11(14)7(2)15-16)6-10(17)8-4-5-18-12(8)13/h4-5,10,17H,3,6H2,1-2H3. The summed E-state index contributed by atoms with van der Waals surface area (Å²) in [5.74, 6) is 0. The summed E-state index contributed by atoms with van der Waals surface area (Å²) in [5.41, 5.74) is 2.34. The molecule has 0 radical (unpaired) electrons. The van der Waals surface area contributed by atoms with Gasteiger partial charge in [0, 0.05) is 18.5 Å². The van der Waals surface area contributed by atoms with Crippen molar-refractivity contribution in [2.75, 3.05) is 0 Å². The van der Waals surface area contributed by atoms with E-state index in [4.69, 9.17) is 16.0 Å². The lowest BCUT2D eigenvalue weighted by atomic mass is 10.1. The molecule has 0 bridgehead atoms. The Kier molecular flexibility index (Phi) is 4.14. The molecule has 4 nitrogen and oxygen atoms in total. The summed E-state index contributed by atoms with van der Waals surface area (Å²) in [7, 11) is 0. The summed E-state index contributed by atoms with van der Waals surface area (Å²) in [4.78, 5) is 0. The fourth-order valence-electron chi connectivity index (χ4n) is 1.90. The first kappa shape index (κ1) is 13.6. The molecule has 6 heteroatoms. The number of aryl methyl sites for hydroxylation is 2. The van der Waals surface area contributed by atoms with Gasteiger partial charge < -0.3 is 9.52 Å². The molecule has 98 valence electrons. The average molecular weight is 334 g/mol. The van der Waals surface area contributed by atoms with Crippen LogP contribution in [-0.2, 0) is 13.0 Å². The topological polar surface area (TPSA) is 51.2 Å². The highest BCUT2D eigenvalue weighted by Gasteiger charge is 2.20. The highest BCUT2D eigenvalue weighted by Crippen LogP contribution is 2.30. The second kappa shape index (κ2) is 5.47. The molecular formula is C12H14BrClN2O2. The quantitative estimate of drug-likeness (QED) is 0.931. The Labute approximate surface area is 119 Å². The van der Waals surface area contributed by atoms with Gasteiger partial charge in [0.2, 0.25) is 0 Å². The fourth-order valence-corrected chi connectivity index (χ4v) is 2.62. The van der Waals surface area contributed by atoms with Crippen LogP contribution in [0, 0.1) is 6.92 Å². The zero-order chi connectivity index (χ0) is 13.3. The molecule has 18 heavy (non-hydrogen) atoms. The van der Waals surface area contributed by atoms with E-state index in [2.05, 4.69) is 21.0 Å². The second-order valence-electron chi connectivity index (χ2n) is 4.03. The predicted molar refractivity (Wildman–Crippen MR) is 72.7 cm³/mol. The highest BCUT2D eigenvalue weighted by molar-refractivity contribution is 9.10. The minimum absolute atomic E-state index is 0.408. The van der Waals surface area contributed by atoms with Gasteiger partial charge >= 0.3 is 0 Å². The van der Waals surface area contributed by atoms with Gasteiger partial charge in [-0.05, 0) is 35.8 Å². The van der Waals surface area contributed by atoms with Crippen molar-refractivity contribution in [1.29, 1.82) is 0 Å². The minimum Gasteiger partial charge on any atom is -0.457 e. The molecule has 1 unspecified atom stereocenters. The number of hydrogen-bond donors (Lipinski definition) is 1. The number of aliphatic hydroxyl groups excluding tert-OH is 1. The van der Waals surface area contributed by atoms with Gasteiger partial charge in [0.15, 0.2) is 4.67 Å². The molecule has 1 N–H and O–H groups in total. The third kappa shape index (κ3) is 2.48. The van der Waals surface area contributed by atoms with Crippen LogP contribution in [0.1, 0.15) is 30.0 Å². The first-order valence-corrected chi connectivity index (χ1v) is 6.84. The molecule has 0 saturated heterocycles. The van der Waals surface area contributed by atoms with Gasteiger partial charge in [-0.15, -0.1) is 0 Å². The van der Waals surface area contributed by atoms with Gasteiger partial charge in [-0.3, -0.25) is 4.68 Å². The van der Waals surface area contributed by atoms with Crippen LogP contribution in [0.3, 0.4) is 0 Å². The average Bonchev–Trinajstić information content (AvgIpc) is 2.87. The van der Waals surface area contributed by atoms with E-state index in [9.17, 15) is 5.11 Å². The number of aromatic nitrogens is 2. The van der Waals surface area contributed by atoms with Crippen LogP contribution >= 0.6 is 27.5 Å². The molecule has 0 aliphatic rings. The van der Waals surface area contributed by atoms with Crippen molar-refractivity contribution in [1.82, 2.24) is 9.78 Å². The van der Waals surface area contributed by atoms with Crippen LogP contribution in [0.15, 0.2) is 21.4 Å². The number of hydrogen-bond acceptors (Lipinski definition) is 3. The van der Waals surface area contributed by atoms with Crippen molar-refractivity contribution in [3.8, 4) is 0 Å². The zero-order valence-corrected chi connectivity index (χ0v) is 12.5. The van der Waals surface area contributed by atoms with Gasteiger partial charge in [0.05, 0.1) is 28.8 Å². The third-order valence-electron chi connectivity index (χ3n) is 2.84. The minimum atomic E-state index is -0.669. The van der Waals surface area contributed by atoms with Crippen molar-refractivity contribution in [2.45, 2.75) is 32.9 Å². The lowest BCUT2D eigenvalue weighted by Gasteiger charge is -2.11. The Balaban J connectivity index is 2.27. The largest absolute Gasteiger partial charge is 0.457 e. The summed E-state index contributed by atoms with van der Waals surface area (Å²) in [6.07, 6.45) is 1.27. The van der Waals surface area contributed by atoms with E-state index in [1.807, 2.05) is 18.5 Å². The van der Waals surface area contributed by atoms with E-state index in [1.165, 1.54) is 6.26 Å². The maximum atomic E-state index is 10.2. The molecule has 0 saturated carbocycles. The number of aliphatic hydroxyl groups is 1. The Morgan fingerprint density at radius 1 is 1.61 bits per heavy atom. The molecule has 0 amide bonds. The number of halogens is 2. The molecule has 2 heterocycles. The number of furan rings is 1. The Morgan fingerprint density at radius 3 is 2.89 bits per heavy atom. The molecule has 2 rings (SSSR count). The van der Waals surface area contributed by atoms with Gasteiger partial charge in [-0.2, -0.15) is 5.10 Å². The van der Waals surface area contributed by atoms with Crippen LogP contribution in [0.25, 0.3) is 0 Å². The summed E-state index contributed by atoms with van der Waals surface area (Å²) >= 11 is 9.47. The maximum Gasteiger partial charge on any atom is 0.174 e. The molecular weight excluding hydrogens is 320 g/mol. The Morgan fingerprint density at radius 2 is 2.33 bits per heavy atom. The first-order valence-electron chi connectivity index (χ1n) is 5.67. The van der Waals surface area contributed by atoms with Crippen LogP contribution in [-0.4, -0.2) is 14.9 Å². The van der Waals surface area contributed by atoms with Crippen LogP contribution in [0.4, 0.5) is 0 Å². The summed E-state index contributed by atoms with van der Waals surface area (Å²) in [6, 6.07) is 1.74. The molecule has 0 aromatic carbocycles. The molecule has 0 fully saturated rings. The molecule has 2 aromatic heterocycles. The number of rotatable bonds is 4. The fraction of sp³-hybridized carbons (Fsp3) is 0.417. The zero-order valence-electron chi connectivity index (χ0n) is 10.2. The van der Waals surface area contributed by atoms with E-state index >= 15 is 0 Å². The second-order valence-corrected chi connectivity index (χ2v) is 5.13. The van der Waals surface area contributed by atoms with Crippen molar-refractivity contribution in [3.63, 3.8) is 0 Å². The lowest BCUT2D eigenvalue weighted by Crippen LogP contribution is -2.08. The van der Waals surface area contributed by atoms with Gasteiger partial charge in [0.1, 0.15) is 0 Å². The SMILES string of the molecule is CCn1nc(C)c(Cl)c1CC(O)c1ccoc1Br. The molecule has 0 spiro atoms. The van der Waals surface area contributed by atoms with E-state index in [0.717, 1.165) is 17.9 Å². The van der Waals surface area contributed by atoms with E-state index in [1.54, 1.807) is 6.07 Å². The van der Waals surface area contributed by atoms with E-state index < -0.39 is 6.10 Å². The summed E-state index contributed by atoms with van der Waals surface area (Å²) < 4.78 is 7.48. The lowest BCUT2D eigenvalue weighted by molar-refractivity contribution is 0.173. The van der Waals surface area contributed by atoms with Crippen molar-refractivity contribution in [2.24, 2.45) is 0 Å². The molecule has 0 aliphatic heterocycles. The summed E-state index contributed by atoms with van der Waals surface area (Å²) in [5, 5.41) is 15.2. The highest BCUT2D eigenvalue weighted by atomic mass is 79.9. The van der Waals surface area contributed by atoms with Crippen molar-refractivity contribution < 1.29 is 9.52 Å². The molecule has 2 aromatic rings. The molecule has 0 aliphatic carbocycles. The van der Waals surface area contributed by atoms with Gasteiger partial charge in [-0.1, -0.05) is 11.6 Å². The van der Waals surface area contributed by atoms with Crippen LogP contribution in [0.2, 0.25) is 5.02 Å². The first-order chi connectivity index (χ1) is 8.54. The normalized spacial score (nSPS) is 12.9. The number of nitrogens with zero attached hydrogens (tertiary/aromatic N) is 2. The molecule has 1 atom stereocenters. The van der Waals surface area contributed by atoms with Crippen LogP contribution < -0.4 is 0 Å². The van der Waals surface area contributed by atoms with E-state index in [-0.39, 0.29) is 0 Å². The van der Waals surface area contributed by atoms with Crippen molar-refractivity contribution in [3.05, 3.63) is 39.0 Å². The van der Waals surface area contributed by atoms with Crippen LogP contribution in [0.5, 0.6) is 0 Å². The third-order valence-corrected chi connectivity index (χ3v) is 3.98. The Bertz CT molecular complexity index is 550. The smallest absolute Gasteiger partial charge is 0.174 e. The van der Waals surface area contributed by atoms with Gasteiger partial charge in [-0.25, -0.2) is 0 Å².